The number of amides is 3. The highest BCUT2D eigenvalue weighted by Crippen LogP contribution is 2.18. The van der Waals surface area contributed by atoms with Crippen LogP contribution >= 0.6 is 0 Å². The fourth-order valence-corrected chi connectivity index (χ4v) is 2.55. The minimum atomic E-state index is -0.231. The maximum Gasteiger partial charge on any atom is 0.315 e. The number of carbonyl (C=O) groups excluding carboxylic acids is 2. The van der Waals surface area contributed by atoms with Crippen LogP contribution in [-0.2, 0) is 4.79 Å². The van der Waals surface area contributed by atoms with Gasteiger partial charge >= 0.3 is 6.03 Å². The second-order valence-corrected chi connectivity index (χ2v) is 6.28. The molecular weight excluding hydrogens is 314 g/mol. The highest BCUT2D eigenvalue weighted by Gasteiger charge is 2.13. The van der Waals surface area contributed by atoms with Crippen LogP contribution in [0.15, 0.2) is 48.5 Å². The van der Waals surface area contributed by atoms with E-state index < -0.39 is 0 Å². The second kappa shape index (κ2) is 8.33. The molecule has 0 radical (unpaired) electrons. The van der Waals surface area contributed by atoms with Gasteiger partial charge in [-0.3, -0.25) is 4.79 Å². The number of carbonyl (C=O) groups is 2. The Morgan fingerprint density at radius 1 is 0.880 bits per heavy atom. The van der Waals surface area contributed by atoms with Crippen LogP contribution in [0.1, 0.15) is 49.5 Å². The monoisotopic (exact) mass is 339 g/mol. The van der Waals surface area contributed by atoms with Gasteiger partial charge in [0.2, 0.25) is 5.91 Å². The van der Waals surface area contributed by atoms with Gasteiger partial charge in [-0.1, -0.05) is 42.0 Å². The third-order valence-electron chi connectivity index (χ3n) is 3.98. The molecule has 0 aromatic heterocycles. The van der Waals surface area contributed by atoms with E-state index in [1.54, 1.807) is 0 Å². The molecule has 0 fully saturated rings. The Kier molecular flexibility index (Phi) is 6.17. The van der Waals surface area contributed by atoms with Gasteiger partial charge in [-0.25, -0.2) is 4.79 Å². The first-order valence-corrected chi connectivity index (χ1v) is 8.36. The van der Waals surface area contributed by atoms with E-state index in [1.807, 2.05) is 69.3 Å². The summed E-state index contributed by atoms with van der Waals surface area (Å²) in [6, 6.07) is 15.0. The van der Waals surface area contributed by atoms with Gasteiger partial charge in [-0.05, 0) is 44.0 Å². The number of nitrogens with one attached hydrogen (secondary N) is 3. The number of urea groups is 1. The van der Waals surface area contributed by atoms with Gasteiger partial charge in [0, 0.05) is 12.6 Å². The Morgan fingerprint density at radius 2 is 1.48 bits per heavy atom. The summed E-state index contributed by atoms with van der Waals surface area (Å²) in [4.78, 5) is 23.4. The third kappa shape index (κ3) is 5.64. The Bertz CT molecular complexity index is 741. The van der Waals surface area contributed by atoms with Crippen LogP contribution in [0.5, 0.6) is 0 Å². The van der Waals surface area contributed by atoms with E-state index in [0.29, 0.717) is 5.69 Å². The Morgan fingerprint density at radius 3 is 2.08 bits per heavy atom. The van der Waals surface area contributed by atoms with Gasteiger partial charge in [-0.2, -0.15) is 0 Å². The molecule has 0 aliphatic heterocycles. The molecule has 25 heavy (non-hydrogen) atoms. The predicted molar refractivity (Wildman–Crippen MR) is 100 cm³/mol. The summed E-state index contributed by atoms with van der Waals surface area (Å²) in [5.74, 6) is -0.123. The quantitative estimate of drug-likeness (QED) is 0.768. The van der Waals surface area contributed by atoms with Gasteiger partial charge in [0.25, 0.3) is 0 Å². The standard InChI is InChI=1S/C20H25N3O2/c1-13-8-10-17(11-9-13)14(2)21-20(25)22-15(3)18-6-5-7-19(12-18)23-16(4)24/h5-12,14-15H,1-4H3,(H,23,24)(H2,21,22,25)/t14-,15-/m1/s1. The van der Waals surface area contributed by atoms with Crippen molar-refractivity contribution in [3.63, 3.8) is 0 Å². The lowest BCUT2D eigenvalue weighted by Crippen LogP contribution is -2.38. The zero-order valence-electron chi connectivity index (χ0n) is 15.1. The molecule has 0 saturated carbocycles. The zero-order valence-corrected chi connectivity index (χ0v) is 15.1. The van der Waals surface area contributed by atoms with Gasteiger partial charge < -0.3 is 16.0 Å². The lowest BCUT2D eigenvalue weighted by molar-refractivity contribution is -0.114. The Hall–Kier alpha value is -2.82. The summed E-state index contributed by atoms with van der Waals surface area (Å²) in [5, 5.41) is 8.61. The van der Waals surface area contributed by atoms with E-state index in [0.717, 1.165) is 11.1 Å². The molecule has 0 unspecified atom stereocenters. The molecule has 0 bridgehead atoms. The minimum absolute atomic E-state index is 0.0847. The largest absolute Gasteiger partial charge is 0.332 e. The molecule has 3 amide bonds. The van der Waals surface area contributed by atoms with Gasteiger partial charge in [-0.15, -0.1) is 0 Å². The first-order valence-electron chi connectivity index (χ1n) is 8.36. The van der Waals surface area contributed by atoms with E-state index in [-0.39, 0.29) is 24.0 Å². The van der Waals surface area contributed by atoms with E-state index >= 15 is 0 Å². The topological polar surface area (TPSA) is 70.2 Å². The molecule has 132 valence electrons. The number of rotatable bonds is 5. The number of benzene rings is 2. The molecular formula is C20H25N3O2. The van der Waals surface area contributed by atoms with Crippen molar-refractivity contribution in [1.82, 2.24) is 10.6 Å². The lowest BCUT2D eigenvalue weighted by Gasteiger charge is -2.19. The summed E-state index contributed by atoms with van der Waals surface area (Å²) in [7, 11) is 0. The first kappa shape index (κ1) is 18.5. The van der Waals surface area contributed by atoms with Crippen LogP contribution in [0.25, 0.3) is 0 Å². The average Bonchev–Trinajstić information content (AvgIpc) is 2.54. The molecule has 0 aliphatic rings. The van der Waals surface area contributed by atoms with Crippen LogP contribution in [0, 0.1) is 6.92 Å². The van der Waals surface area contributed by atoms with E-state index in [2.05, 4.69) is 16.0 Å². The van der Waals surface area contributed by atoms with Gasteiger partial charge in [0.15, 0.2) is 0 Å². The molecule has 5 nitrogen and oxygen atoms in total. The molecule has 2 aromatic rings. The van der Waals surface area contributed by atoms with Crippen molar-refractivity contribution in [1.29, 1.82) is 0 Å². The van der Waals surface area contributed by atoms with Crippen molar-refractivity contribution in [3.05, 3.63) is 65.2 Å². The van der Waals surface area contributed by atoms with Crippen molar-refractivity contribution in [2.75, 3.05) is 5.32 Å². The normalized spacial score (nSPS) is 12.8. The third-order valence-corrected chi connectivity index (χ3v) is 3.98. The summed E-state index contributed by atoms with van der Waals surface area (Å²) < 4.78 is 0. The van der Waals surface area contributed by atoms with Crippen molar-refractivity contribution in [3.8, 4) is 0 Å². The van der Waals surface area contributed by atoms with Crippen molar-refractivity contribution < 1.29 is 9.59 Å². The maximum absolute atomic E-state index is 12.2. The minimum Gasteiger partial charge on any atom is -0.332 e. The van der Waals surface area contributed by atoms with Crippen LogP contribution in [-0.4, -0.2) is 11.9 Å². The summed E-state index contributed by atoms with van der Waals surface area (Å²) in [6.45, 7) is 7.36. The highest BCUT2D eigenvalue weighted by molar-refractivity contribution is 5.88. The molecule has 2 aromatic carbocycles. The number of hydrogen-bond acceptors (Lipinski definition) is 2. The Labute approximate surface area is 148 Å². The van der Waals surface area contributed by atoms with Crippen LogP contribution in [0.2, 0.25) is 0 Å². The number of aryl methyl sites for hydroxylation is 1. The molecule has 0 heterocycles. The second-order valence-electron chi connectivity index (χ2n) is 6.28. The molecule has 2 rings (SSSR count). The smallest absolute Gasteiger partial charge is 0.315 e. The van der Waals surface area contributed by atoms with Gasteiger partial charge in [0.05, 0.1) is 12.1 Å². The average molecular weight is 339 g/mol. The molecule has 0 aliphatic carbocycles. The van der Waals surface area contributed by atoms with Crippen LogP contribution in [0.4, 0.5) is 10.5 Å². The van der Waals surface area contributed by atoms with E-state index in [4.69, 9.17) is 0 Å². The Balaban J connectivity index is 1.95. The summed E-state index contributed by atoms with van der Waals surface area (Å²) >= 11 is 0. The fraction of sp³-hybridized carbons (Fsp3) is 0.300. The molecule has 0 saturated heterocycles. The molecule has 5 heteroatoms. The number of hydrogen-bond donors (Lipinski definition) is 3. The molecule has 2 atom stereocenters. The van der Waals surface area contributed by atoms with Crippen LogP contribution in [0.3, 0.4) is 0 Å². The van der Waals surface area contributed by atoms with Crippen molar-refractivity contribution in [2.45, 2.75) is 39.8 Å². The first-order chi connectivity index (χ1) is 11.8. The fourth-order valence-electron chi connectivity index (χ4n) is 2.55. The van der Waals surface area contributed by atoms with Crippen molar-refractivity contribution >= 4 is 17.6 Å². The molecule has 0 spiro atoms. The summed E-state index contributed by atoms with van der Waals surface area (Å²) in [5.41, 5.74) is 3.88. The predicted octanol–water partition coefficient (Wildman–Crippen LogP) is 4.07. The van der Waals surface area contributed by atoms with Crippen LogP contribution < -0.4 is 16.0 Å². The highest BCUT2D eigenvalue weighted by atomic mass is 16.2. The number of anilines is 1. The molecule has 3 N–H and O–H groups in total. The van der Waals surface area contributed by atoms with Crippen molar-refractivity contribution in [2.24, 2.45) is 0 Å². The lowest BCUT2D eigenvalue weighted by atomic mass is 10.1. The van der Waals surface area contributed by atoms with E-state index in [9.17, 15) is 9.59 Å². The SMILES string of the molecule is CC(=O)Nc1cccc([C@@H](C)NC(=O)N[C@H](C)c2ccc(C)cc2)c1. The van der Waals surface area contributed by atoms with E-state index in [1.165, 1.54) is 12.5 Å². The summed E-state index contributed by atoms with van der Waals surface area (Å²) in [6.07, 6.45) is 0. The van der Waals surface area contributed by atoms with Gasteiger partial charge in [0.1, 0.15) is 0 Å². The zero-order chi connectivity index (χ0) is 18.4. The maximum atomic E-state index is 12.2.